The highest BCUT2D eigenvalue weighted by Crippen LogP contribution is 2.12. The van der Waals surface area contributed by atoms with Gasteiger partial charge in [-0.25, -0.2) is 0 Å². The first-order valence-electron chi connectivity index (χ1n) is 5.81. The number of nitrogens with one attached hydrogen (secondary N) is 1. The van der Waals surface area contributed by atoms with Gasteiger partial charge in [0.05, 0.1) is 6.61 Å². The zero-order valence-electron chi connectivity index (χ0n) is 10.1. The van der Waals surface area contributed by atoms with Crippen LogP contribution in [-0.2, 0) is 0 Å². The largest absolute Gasteiger partial charge is 0.395 e. The summed E-state index contributed by atoms with van der Waals surface area (Å²) in [5, 5.41) is 11.9. The van der Waals surface area contributed by atoms with Crippen molar-refractivity contribution in [2.24, 2.45) is 0 Å². The quantitative estimate of drug-likeness (QED) is 0.773. The molecule has 0 fully saturated rings. The van der Waals surface area contributed by atoms with Crippen LogP contribution in [0.2, 0.25) is 0 Å². The second kappa shape index (κ2) is 8.28. The molecular formula is C15H17NO. The fraction of sp³-hybridized carbons (Fsp3) is 0.333. The molecule has 0 heterocycles. The lowest BCUT2D eigenvalue weighted by atomic mass is 10.2. The summed E-state index contributed by atoms with van der Waals surface area (Å²) in [7, 11) is 0. The van der Waals surface area contributed by atoms with Crippen molar-refractivity contribution in [2.75, 3.05) is 18.5 Å². The Kier molecular flexibility index (Phi) is 6.41. The van der Waals surface area contributed by atoms with Crippen LogP contribution in [0.3, 0.4) is 0 Å². The standard InChI is InChI=1S/C15H17NO/c1-2-3-4-5-6-9-14-10-7-8-11-15(14)16-12-13-17/h7-8,10-11,16-17H,2-3,12-13H2,1H3. The van der Waals surface area contributed by atoms with Crippen LogP contribution in [0.5, 0.6) is 0 Å². The van der Waals surface area contributed by atoms with Crippen LogP contribution < -0.4 is 5.32 Å². The van der Waals surface area contributed by atoms with Crippen LogP contribution >= 0.6 is 0 Å². The number of hydrogen-bond donors (Lipinski definition) is 2. The highest BCUT2D eigenvalue weighted by Gasteiger charge is 1.96. The van der Waals surface area contributed by atoms with Gasteiger partial charge in [0.2, 0.25) is 0 Å². The molecule has 0 aliphatic carbocycles. The van der Waals surface area contributed by atoms with Crippen molar-refractivity contribution in [2.45, 2.75) is 19.8 Å². The minimum atomic E-state index is 0.109. The lowest BCUT2D eigenvalue weighted by Gasteiger charge is -2.05. The SMILES string of the molecule is CCCC#CC#Cc1ccccc1NCCO. The number of para-hydroxylation sites is 1. The van der Waals surface area contributed by atoms with E-state index in [2.05, 4.69) is 35.9 Å². The summed E-state index contributed by atoms with van der Waals surface area (Å²) in [6.07, 6.45) is 1.95. The van der Waals surface area contributed by atoms with Gasteiger partial charge in [0, 0.05) is 24.2 Å². The Morgan fingerprint density at radius 1 is 1.24 bits per heavy atom. The zero-order chi connectivity index (χ0) is 12.3. The van der Waals surface area contributed by atoms with Crippen LogP contribution in [0.15, 0.2) is 24.3 Å². The zero-order valence-corrected chi connectivity index (χ0v) is 10.1. The van der Waals surface area contributed by atoms with E-state index >= 15 is 0 Å². The van der Waals surface area contributed by atoms with Crippen LogP contribution in [0, 0.1) is 23.7 Å². The van der Waals surface area contributed by atoms with Gasteiger partial charge in [-0.1, -0.05) is 30.9 Å². The molecule has 0 spiro atoms. The first-order chi connectivity index (χ1) is 8.38. The van der Waals surface area contributed by atoms with Crippen molar-refractivity contribution < 1.29 is 5.11 Å². The predicted octanol–water partition coefficient (Wildman–Crippen LogP) is 2.25. The Morgan fingerprint density at radius 3 is 2.82 bits per heavy atom. The third-order valence-corrected chi connectivity index (χ3v) is 2.08. The summed E-state index contributed by atoms with van der Waals surface area (Å²) in [5.74, 6) is 11.7. The number of anilines is 1. The molecule has 1 rings (SSSR count). The smallest absolute Gasteiger partial charge is 0.0604 e. The summed E-state index contributed by atoms with van der Waals surface area (Å²) in [6.45, 7) is 2.73. The Bertz CT molecular complexity index is 457. The van der Waals surface area contributed by atoms with E-state index in [1.54, 1.807) is 0 Å². The van der Waals surface area contributed by atoms with Gasteiger partial charge in [-0.3, -0.25) is 0 Å². The minimum absolute atomic E-state index is 0.109. The van der Waals surface area contributed by atoms with E-state index < -0.39 is 0 Å². The molecule has 0 saturated carbocycles. The lowest BCUT2D eigenvalue weighted by Crippen LogP contribution is -2.06. The number of aliphatic hydroxyl groups is 1. The van der Waals surface area contributed by atoms with Crippen molar-refractivity contribution in [1.29, 1.82) is 0 Å². The van der Waals surface area contributed by atoms with Crippen molar-refractivity contribution in [3.63, 3.8) is 0 Å². The average molecular weight is 227 g/mol. The monoisotopic (exact) mass is 227 g/mol. The summed E-state index contributed by atoms with van der Waals surface area (Å²) in [6, 6.07) is 7.76. The first kappa shape index (κ1) is 13.2. The average Bonchev–Trinajstić information content (AvgIpc) is 2.37. The highest BCUT2D eigenvalue weighted by atomic mass is 16.3. The van der Waals surface area contributed by atoms with Crippen molar-refractivity contribution in [3.05, 3.63) is 29.8 Å². The summed E-state index contributed by atoms with van der Waals surface area (Å²) < 4.78 is 0. The number of aliphatic hydroxyl groups excluding tert-OH is 1. The van der Waals surface area contributed by atoms with Gasteiger partial charge in [0.1, 0.15) is 0 Å². The Balaban J connectivity index is 2.73. The van der Waals surface area contributed by atoms with Gasteiger partial charge >= 0.3 is 0 Å². The Morgan fingerprint density at radius 2 is 2.06 bits per heavy atom. The summed E-state index contributed by atoms with van der Waals surface area (Å²) in [5.41, 5.74) is 1.85. The van der Waals surface area contributed by atoms with Crippen molar-refractivity contribution in [1.82, 2.24) is 0 Å². The topological polar surface area (TPSA) is 32.3 Å². The molecule has 0 radical (unpaired) electrons. The molecule has 0 bridgehead atoms. The van der Waals surface area contributed by atoms with E-state index in [0.29, 0.717) is 6.54 Å². The molecule has 0 atom stereocenters. The molecule has 0 aromatic heterocycles. The summed E-state index contributed by atoms with van der Waals surface area (Å²) >= 11 is 0. The van der Waals surface area contributed by atoms with Crippen LogP contribution in [-0.4, -0.2) is 18.3 Å². The highest BCUT2D eigenvalue weighted by molar-refractivity contribution is 5.59. The molecule has 2 nitrogen and oxygen atoms in total. The molecule has 17 heavy (non-hydrogen) atoms. The third kappa shape index (κ3) is 5.11. The van der Waals surface area contributed by atoms with Crippen molar-refractivity contribution >= 4 is 5.69 Å². The van der Waals surface area contributed by atoms with Gasteiger partial charge in [0.25, 0.3) is 0 Å². The fourth-order valence-electron chi connectivity index (χ4n) is 1.27. The molecule has 2 N–H and O–H groups in total. The molecule has 1 aromatic rings. The van der Waals surface area contributed by atoms with Crippen LogP contribution in [0.1, 0.15) is 25.3 Å². The summed E-state index contributed by atoms with van der Waals surface area (Å²) in [4.78, 5) is 0. The molecule has 0 aliphatic rings. The maximum atomic E-state index is 8.77. The van der Waals surface area contributed by atoms with Crippen LogP contribution in [0.25, 0.3) is 0 Å². The van der Waals surface area contributed by atoms with Crippen molar-refractivity contribution in [3.8, 4) is 23.7 Å². The molecular weight excluding hydrogens is 210 g/mol. The maximum Gasteiger partial charge on any atom is 0.0604 e. The number of benzene rings is 1. The molecule has 0 saturated heterocycles. The van der Waals surface area contributed by atoms with E-state index in [0.717, 1.165) is 24.1 Å². The Labute approximate surface area is 103 Å². The van der Waals surface area contributed by atoms with E-state index in [1.165, 1.54) is 0 Å². The van der Waals surface area contributed by atoms with Gasteiger partial charge in [0.15, 0.2) is 0 Å². The van der Waals surface area contributed by atoms with E-state index in [9.17, 15) is 0 Å². The predicted molar refractivity (Wildman–Crippen MR) is 71.6 cm³/mol. The fourth-order valence-corrected chi connectivity index (χ4v) is 1.27. The second-order valence-electron chi connectivity index (χ2n) is 3.50. The van der Waals surface area contributed by atoms with Gasteiger partial charge in [-0.15, -0.1) is 0 Å². The van der Waals surface area contributed by atoms with E-state index in [4.69, 9.17) is 5.11 Å². The number of unbranched alkanes of at least 4 members (excludes halogenated alkanes) is 1. The first-order valence-corrected chi connectivity index (χ1v) is 5.81. The van der Waals surface area contributed by atoms with Gasteiger partial charge in [-0.05, 0) is 30.4 Å². The maximum absolute atomic E-state index is 8.77. The normalized spacial score (nSPS) is 8.59. The van der Waals surface area contributed by atoms with E-state index in [1.807, 2.05) is 24.3 Å². The van der Waals surface area contributed by atoms with E-state index in [-0.39, 0.29) is 6.61 Å². The Hall–Kier alpha value is -1.90. The third-order valence-electron chi connectivity index (χ3n) is 2.08. The molecule has 88 valence electrons. The number of rotatable bonds is 4. The van der Waals surface area contributed by atoms with Gasteiger partial charge in [-0.2, -0.15) is 0 Å². The molecule has 0 aliphatic heterocycles. The molecule has 2 heteroatoms. The molecule has 1 aromatic carbocycles. The molecule has 0 amide bonds. The molecule has 0 unspecified atom stereocenters. The van der Waals surface area contributed by atoms with Gasteiger partial charge < -0.3 is 10.4 Å². The lowest BCUT2D eigenvalue weighted by molar-refractivity contribution is 0.311. The number of hydrogen-bond acceptors (Lipinski definition) is 2. The minimum Gasteiger partial charge on any atom is -0.395 e. The second-order valence-corrected chi connectivity index (χ2v) is 3.50. The van der Waals surface area contributed by atoms with Crippen LogP contribution in [0.4, 0.5) is 5.69 Å².